The van der Waals surface area contributed by atoms with Crippen LogP contribution in [-0.2, 0) is 11.8 Å². The standard InChI is InChI=1S/C15H13N5S.C14H11N5S.C2HF3O2/c1-20-5-4-8-12-10(18-15(17)19-14(12)16)7-9(13(8)20)11-3-2-6-21-11;15-13-11-7-3-4-17-9(7)6-8(10-2-1-5-20-10)12(11)18-14(16)19-13;3-2(4,5)1(6)7/h2-7H,1H3,(H4,16,17,18,19);1-6,17H,(H4,15,16,18,19);(H,6,7). The molecule has 0 saturated carbocycles. The number of carboxylic acids is 1. The van der Waals surface area contributed by atoms with Crippen LogP contribution >= 0.6 is 22.7 Å². The summed E-state index contributed by atoms with van der Waals surface area (Å²) >= 11 is 3.36. The number of benzene rings is 2. The third-order valence-corrected chi connectivity index (χ3v) is 9.03. The first kappa shape index (κ1) is 32.0. The molecule has 2 aromatic carbocycles. The first-order valence-electron chi connectivity index (χ1n) is 13.8. The number of nitrogens with two attached hydrogens (primary N) is 4. The number of aryl methyl sites for hydroxylation is 1. The van der Waals surface area contributed by atoms with Crippen LogP contribution in [0.5, 0.6) is 0 Å². The van der Waals surface area contributed by atoms with Crippen LogP contribution in [0.2, 0.25) is 0 Å². The fourth-order valence-corrected chi connectivity index (χ4v) is 6.78. The number of aromatic amines is 1. The molecular weight excluding hydrogens is 666 g/mol. The molecule has 0 saturated heterocycles. The number of alkyl halides is 3. The van der Waals surface area contributed by atoms with Crippen molar-refractivity contribution in [2.75, 3.05) is 22.9 Å². The number of rotatable bonds is 2. The lowest BCUT2D eigenvalue weighted by molar-refractivity contribution is -0.192. The molecule has 6 aromatic heterocycles. The fourth-order valence-electron chi connectivity index (χ4n) is 5.30. The van der Waals surface area contributed by atoms with Gasteiger partial charge in [-0.3, -0.25) is 0 Å². The highest BCUT2D eigenvalue weighted by Gasteiger charge is 2.38. The van der Waals surface area contributed by atoms with E-state index in [9.17, 15) is 13.2 Å². The highest BCUT2D eigenvalue weighted by molar-refractivity contribution is 7.14. The quantitative estimate of drug-likeness (QED) is 0.114. The first-order chi connectivity index (χ1) is 22.8. The summed E-state index contributed by atoms with van der Waals surface area (Å²) in [5.74, 6) is -1.52. The van der Waals surface area contributed by atoms with Crippen molar-refractivity contribution < 1.29 is 23.1 Å². The Balaban J connectivity index is 0.000000141. The van der Waals surface area contributed by atoms with Gasteiger partial charge in [0.2, 0.25) is 11.9 Å². The van der Waals surface area contributed by atoms with E-state index >= 15 is 0 Å². The van der Waals surface area contributed by atoms with Crippen molar-refractivity contribution in [3.63, 3.8) is 0 Å². The Bertz CT molecular complexity index is 2440. The van der Waals surface area contributed by atoms with Crippen molar-refractivity contribution in [1.82, 2.24) is 29.5 Å². The van der Waals surface area contributed by atoms with Crippen LogP contribution in [0, 0.1) is 0 Å². The van der Waals surface area contributed by atoms with Gasteiger partial charge < -0.3 is 37.6 Å². The predicted octanol–water partition coefficient (Wildman–Crippen LogP) is 6.65. The summed E-state index contributed by atoms with van der Waals surface area (Å²) in [5.41, 5.74) is 29.5. The SMILES string of the molecule is Cn1ccc2c3c(N)nc(N)nc3cc(-c3cccs3)c21.Nc1nc(N)c2c(n1)c(-c1cccs1)cc1[nH]ccc12.O=C(O)C(F)(F)F. The molecule has 244 valence electrons. The smallest absolute Gasteiger partial charge is 0.475 e. The molecule has 8 aromatic rings. The summed E-state index contributed by atoms with van der Waals surface area (Å²) in [6.07, 6.45) is -1.17. The third kappa shape index (κ3) is 5.98. The van der Waals surface area contributed by atoms with Gasteiger partial charge in [-0.05, 0) is 47.2 Å². The second-order valence-electron chi connectivity index (χ2n) is 10.3. The van der Waals surface area contributed by atoms with E-state index in [1.807, 2.05) is 55.2 Å². The van der Waals surface area contributed by atoms with Gasteiger partial charge >= 0.3 is 12.1 Å². The third-order valence-electron chi connectivity index (χ3n) is 7.22. The molecular formula is C31H25F3N10O2S2. The fraction of sp³-hybridized carbons (Fsp3) is 0.0645. The highest BCUT2D eigenvalue weighted by Crippen LogP contribution is 2.39. The molecule has 0 radical (unpaired) electrons. The van der Waals surface area contributed by atoms with E-state index in [-0.39, 0.29) is 11.9 Å². The number of hydrogen-bond donors (Lipinski definition) is 6. The van der Waals surface area contributed by atoms with Crippen molar-refractivity contribution in [2.45, 2.75) is 6.18 Å². The number of anilines is 4. The van der Waals surface area contributed by atoms with Gasteiger partial charge in [-0.15, -0.1) is 22.7 Å². The monoisotopic (exact) mass is 690 g/mol. The van der Waals surface area contributed by atoms with Crippen molar-refractivity contribution in [2.24, 2.45) is 7.05 Å². The Morgan fingerprint density at radius 3 is 2.04 bits per heavy atom. The zero-order chi connectivity index (χ0) is 34.3. The number of hydrogen-bond acceptors (Lipinski definition) is 11. The summed E-state index contributed by atoms with van der Waals surface area (Å²) in [6.45, 7) is 0. The van der Waals surface area contributed by atoms with Gasteiger partial charge in [0.25, 0.3) is 0 Å². The molecule has 0 bridgehead atoms. The largest absolute Gasteiger partial charge is 0.490 e. The lowest BCUT2D eigenvalue weighted by Gasteiger charge is -2.09. The Kier molecular flexibility index (Phi) is 8.23. The minimum atomic E-state index is -5.08. The average molecular weight is 691 g/mol. The van der Waals surface area contributed by atoms with E-state index in [2.05, 4.69) is 53.1 Å². The highest BCUT2D eigenvalue weighted by atomic mass is 32.1. The van der Waals surface area contributed by atoms with Crippen LogP contribution in [0.4, 0.5) is 36.7 Å². The van der Waals surface area contributed by atoms with Crippen LogP contribution in [0.15, 0.2) is 71.7 Å². The molecule has 0 unspecified atom stereocenters. The number of nitrogens with one attached hydrogen (secondary N) is 1. The van der Waals surface area contributed by atoms with Gasteiger partial charge in [0.1, 0.15) is 11.6 Å². The second-order valence-corrected chi connectivity index (χ2v) is 12.2. The number of halogens is 3. The average Bonchev–Trinajstić information content (AvgIpc) is 3.84. The van der Waals surface area contributed by atoms with Crippen molar-refractivity contribution in [1.29, 1.82) is 0 Å². The van der Waals surface area contributed by atoms with Crippen LogP contribution in [0.1, 0.15) is 0 Å². The predicted molar refractivity (Wildman–Crippen MR) is 185 cm³/mol. The second kappa shape index (κ2) is 12.3. The minimum Gasteiger partial charge on any atom is -0.475 e. The molecule has 0 amide bonds. The summed E-state index contributed by atoms with van der Waals surface area (Å²) in [4.78, 5) is 31.4. The van der Waals surface area contributed by atoms with Gasteiger partial charge in [-0.2, -0.15) is 23.1 Å². The van der Waals surface area contributed by atoms with Crippen LogP contribution in [-0.4, -0.2) is 46.7 Å². The van der Waals surface area contributed by atoms with E-state index in [0.717, 1.165) is 59.6 Å². The maximum atomic E-state index is 10.6. The zero-order valence-electron chi connectivity index (χ0n) is 24.8. The number of carboxylic acid groups (broad SMARTS) is 1. The van der Waals surface area contributed by atoms with E-state index < -0.39 is 12.1 Å². The number of carbonyl (C=O) groups is 1. The summed E-state index contributed by atoms with van der Waals surface area (Å²) in [6, 6.07) is 16.4. The van der Waals surface area contributed by atoms with E-state index in [1.165, 1.54) is 4.88 Å². The van der Waals surface area contributed by atoms with Gasteiger partial charge in [0.05, 0.1) is 27.3 Å². The van der Waals surface area contributed by atoms with Crippen molar-refractivity contribution >= 4 is 95.8 Å². The molecule has 0 aliphatic heterocycles. The Morgan fingerprint density at radius 1 is 0.833 bits per heavy atom. The number of H-pyrrole nitrogens is 1. The maximum Gasteiger partial charge on any atom is 0.490 e. The van der Waals surface area contributed by atoms with Crippen LogP contribution < -0.4 is 22.9 Å². The summed E-state index contributed by atoms with van der Waals surface area (Å²) in [7, 11) is 2.03. The Hall–Kier alpha value is -5.94. The summed E-state index contributed by atoms with van der Waals surface area (Å²) < 4.78 is 33.8. The molecule has 0 aliphatic carbocycles. The lowest BCUT2D eigenvalue weighted by atomic mass is 10.0. The van der Waals surface area contributed by atoms with Gasteiger partial charge in [0.15, 0.2) is 0 Å². The minimum absolute atomic E-state index is 0.197. The molecule has 6 heterocycles. The molecule has 0 spiro atoms. The molecule has 8 rings (SSSR count). The number of nitrogen functional groups attached to an aromatic ring is 4. The van der Waals surface area contributed by atoms with E-state index in [1.54, 1.807) is 22.7 Å². The Morgan fingerprint density at radius 2 is 1.44 bits per heavy atom. The lowest BCUT2D eigenvalue weighted by Crippen LogP contribution is -2.21. The number of thiophene rings is 2. The molecule has 12 nitrogen and oxygen atoms in total. The zero-order valence-corrected chi connectivity index (χ0v) is 26.4. The number of aliphatic carboxylic acids is 1. The summed E-state index contributed by atoms with van der Waals surface area (Å²) in [5, 5.41) is 15.0. The van der Waals surface area contributed by atoms with Crippen molar-refractivity contribution in [3.8, 4) is 20.9 Å². The molecule has 48 heavy (non-hydrogen) atoms. The molecule has 10 N–H and O–H groups in total. The number of fused-ring (bicyclic) bond motifs is 6. The topological polar surface area (TPSA) is 214 Å². The van der Waals surface area contributed by atoms with Gasteiger partial charge in [-0.25, -0.2) is 14.8 Å². The number of aromatic nitrogens is 6. The van der Waals surface area contributed by atoms with E-state index in [0.29, 0.717) is 11.6 Å². The van der Waals surface area contributed by atoms with E-state index in [4.69, 9.17) is 32.8 Å². The molecule has 0 fully saturated rings. The van der Waals surface area contributed by atoms with Crippen molar-refractivity contribution in [3.05, 3.63) is 71.7 Å². The molecule has 17 heteroatoms. The normalized spacial score (nSPS) is 11.4. The maximum absolute atomic E-state index is 10.6. The van der Waals surface area contributed by atoms with Crippen LogP contribution in [0.25, 0.3) is 64.5 Å². The van der Waals surface area contributed by atoms with Gasteiger partial charge in [-0.1, -0.05) is 12.1 Å². The Labute approximate surface area is 276 Å². The molecule has 0 aliphatic rings. The molecule has 0 atom stereocenters. The van der Waals surface area contributed by atoms with Crippen LogP contribution in [0.3, 0.4) is 0 Å². The van der Waals surface area contributed by atoms with Gasteiger partial charge in [0, 0.05) is 56.6 Å². The number of nitrogens with zero attached hydrogens (tertiary/aromatic N) is 5. The first-order valence-corrected chi connectivity index (χ1v) is 15.6.